The molecule has 72 valence electrons. The Morgan fingerprint density at radius 3 is 2.50 bits per heavy atom. The minimum atomic E-state index is -0.544. The lowest BCUT2D eigenvalue weighted by Gasteiger charge is -2.11. The van der Waals surface area contributed by atoms with Crippen molar-refractivity contribution in [1.29, 1.82) is 0 Å². The number of carbonyl (C=O) groups is 1. The van der Waals surface area contributed by atoms with E-state index in [2.05, 4.69) is 6.92 Å². The summed E-state index contributed by atoms with van der Waals surface area (Å²) >= 11 is 0. The number of hydrogen-bond acceptors (Lipinski definition) is 3. The third-order valence-corrected chi connectivity index (χ3v) is 1.42. The minimum Gasteiger partial charge on any atom is -0.434 e. The molecule has 0 saturated heterocycles. The lowest BCUT2D eigenvalue weighted by Crippen LogP contribution is -2.16. The van der Waals surface area contributed by atoms with Crippen LogP contribution in [0.4, 0.5) is 4.79 Å². The van der Waals surface area contributed by atoms with Gasteiger partial charge in [0.15, 0.2) is 0 Å². The Kier molecular flexibility index (Phi) is 6.53. The molecule has 1 unspecified atom stereocenters. The first-order valence-corrected chi connectivity index (χ1v) is 4.54. The second-order valence-electron chi connectivity index (χ2n) is 2.82. The molecule has 0 saturated carbocycles. The van der Waals surface area contributed by atoms with Crippen LogP contribution in [0.1, 0.15) is 40.0 Å². The van der Waals surface area contributed by atoms with Gasteiger partial charge in [-0.25, -0.2) is 4.79 Å². The Bertz CT molecular complexity index is 123. The standard InChI is InChI=1S/C9H18O3/c1-4-6-8(3)12-9(10)11-7-5-2/h8H,4-7H2,1-3H3. The Labute approximate surface area is 74.0 Å². The summed E-state index contributed by atoms with van der Waals surface area (Å²) in [5.41, 5.74) is 0. The molecule has 0 amide bonds. The van der Waals surface area contributed by atoms with Gasteiger partial charge < -0.3 is 9.47 Å². The molecule has 0 aliphatic carbocycles. The Morgan fingerprint density at radius 2 is 2.00 bits per heavy atom. The third-order valence-electron chi connectivity index (χ3n) is 1.42. The molecule has 0 aliphatic rings. The first kappa shape index (κ1) is 11.3. The van der Waals surface area contributed by atoms with Crippen LogP contribution >= 0.6 is 0 Å². The highest BCUT2D eigenvalue weighted by molar-refractivity contribution is 5.59. The van der Waals surface area contributed by atoms with E-state index in [1.807, 2.05) is 13.8 Å². The molecule has 0 bridgehead atoms. The molecular weight excluding hydrogens is 156 g/mol. The van der Waals surface area contributed by atoms with Crippen molar-refractivity contribution in [3.8, 4) is 0 Å². The zero-order chi connectivity index (χ0) is 9.40. The summed E-state index contributed by atoms with van der Waals surface area (Å²) in [7, 11) is 0. The highest BCUT2D eigenvalue weighted by Crippen LogP contribution is 2.02. The van der Waals surface area contributed by atoms with Gasteiger partial charge in [0.05, 0.1) is 6.61 Å². The molecule has 0 aromatic carbocycles. The Balaban J connectivity index is 3.40. The molecule has 12 heavy (non-hydrogen) atoms. The van der Waals surface area contributed by atoms with Crippen LogP contribution in [-0.4, -0.2) is 18.9 Å². The van der Waals surface area contributed by atoms with Gasteiger partial charge in [-0.15, -0.1) is 0 Å². The summed E-state index contributed by atoms with van der Waals surface area (Å²) in [5, 5.41) is 0. The molecule has 0 aromatic heterocycles. The summed E-state index contributed by atoms with van der Waals surface area (Å²) in [6.45, 7) is 6.31. The van der Waals surface area contributed by atoms with E-state index in [1.165, 1.54) is 0 Å². The van der Waals surface area contributed by atoms with Crippen LogP contribution in [0.5, 0.6) is 0 Å². The van der Waals surface area contributed by atoms with Gasteiger partial charge in [-0.2, -0.15) is 0 Å². The maximum atomic E-state index is 10.8. The first-order valence-electron chi connectivity index (χ1n) is 4.54. The number of ether oxygens (including phenoxy) is 2. The summed E-state index contributed by atoms with van der Waals surface area (Å²) in [6, 6.07) is 0. The maximum absolute atomic E-state index is 10.8. The number of hydrogen-bond donors (Lipinski definition) is 0. The third kappa shape index (κ3) is 6.01. The maximum Gasteiger partial charge on any atom is 0.508 e. The first-order chi connectivity index (χ1) is 5.70. The molecule has 0 radical (unpaired) electrons. The molecule has 0 aliphatic heterocycles. The van der Waals surface area contributed by atoms with Gasteiger partial charge in [0, 0.05) is 0 Å². The summed E-state index contributed by atoms with van der Waals surface area (Å²) < 4.78 is 9.68. The van der Waals surface area contributed by atoms with Crippen molar-refractivity contribution in [1.82, 2.24) is 0 Å². The topological polar surface area (TPSA) is 35.5 Å². The second-order valence-corrected chi connectivity index (χ2v) is 2.82. The molecule has 3 heteroatoms. The molecule has 0 spiro atoms. The smallest absolute Gasteiger partial charge is 0.434 e. The van der Waals surface area contributed by atoms with Crippen LogP contribution < -0.4 is 0 Å². The van der Waals surface area contributed by atoms with Crippen molar-refractivity contribution in [3.63, 3.8) is 0 Å². The summed E-state index contributed by atoms with van der Waals surface area (Å²) in [6.07, 6.45) is 2.16. The predicted octanol–water partition coefficient (Wildman–Crippen LogP) is 2.74. The monoisotopic (exact) mass is 174 g/mol. The van der Waals surface area contributed by atoms with Gasteiger partial charge in [0.25, 0.3) is 0 Å². The van der Waals surface area contributed by atoms with E-state index in [9.17, 15) is 4.79 Å². The SMILES string of the molecule is CCCOC(=O)OC(C)CCC. The molecule has 0 rings (SSSR count). The Hall–Kier alpha value is -0.730. The van der Waals surface area contributed by atoms with Crippen molar-refractivity contribution in [2.24, 2.45) is 0 Å². The molecule has 0 aromatic rings. The van der Waals surface area contributed by atoms with Gasteiger partial charge in [-0.1, -0.05) is 20.3 Å². The molecule has 3 nitrogen and oxygen atoms in total. The normalized spacial score (nSPS) is 12.2. The van der Waals surface area contributed by atoms with Gasteiger partial charge in [0.1, 0.15) is 6.10 Å². The minimum absolute atomic E-state index is 0.0284. The van der Waals surface area contributed by atoms with E-state index >= 15 is 0 Å². The zero-order valence-corrected chi connectivity index (χ0v) is 8.13. The van der Waals surface area contributed by atoms with Crippen molar-refractivity contribution in [2.45, 2.75) is 46.1 Å². The van der Waals surface area contributed by atoms with Crippen molar-refractivity contribution >= 4 is 6.16 Å². The van der Waals surface area contributed by atoms with E-state index in [0.717, 1.165) is 19.3 Å². The van der Waals surface area contributed by atoms with Crippen molar-refractivity contribution in [3.05, 3.63) is 0 Å². The lowest BCUT2D eigenvalue weighted by molar-refractivity contribution is 0.0266. The molecule has 0 heterocycles. The van der Waals surface area contributed by atoms with Crippen LogP contribution in [-0.2, 0) is 9.47 Å². The van der Waals surface area contributed by atoms with Crippen LogP contribution in [0.15, 0.2) is 0 Å². The average Bonchev–Trinajstić information content (AvgIpc) is 2.01. The molecular formula is C9H18O3. The number of carbonyl (C=O) groups excluding carboxylic acids is 1. The quantitative estimate of drug-likeness (QED) is 0.601. The largest absolute Gasteiger partial charge is 0.508 e. The van der Waals surface area contributed by atoms with E-state index < -0.39 is 6.16 Å². The molecule has 0 N–H and O–H groups in total. The Morgan fingerprint density at radius 1 is 1.33 bits per heavy atom. The highest BCUT2D eigenvalue weighted by Gasteiger charge is 2.08. The van der Waals surface area contributed by atoms with E-state index in [1.54, 1.807) is 0 Å². The fraction of sp³-hybridized carbons (Fsp3) is 0.889. The average molecular weight is 174 g/mol. The van der Waals surface area contributed by atoms with Crippen molar-refractivity contribution in [2.75, 3.05) is 6.61 Å². The predicted molar refractivity (Wildman–Crippen MR) is 47.1 cm³/mol. The highest BCUT2D eigenvalue weighted by atomic mass is 16.7. The van der Waals surface area contributed by atoms with Gasteiger partial charge in [0.2, 0.25) is 0 Å². The summed E-state index contributed by atoms with van der Waals surface area (Å²) in [4.78, 5) is 10.8. The van der Waals surface area contributed by atoms with Gasteiger partial charge >= 0.3 is 6.16 Å². The van der Waals surface area contributed by atoms with Crippen LogP contribution in [0.2, 0.25) is 0 Å². The van der Waals surface area contributed by atoms with Crippen molar-refractivity contribution < 1.29 is 14.3 Å². The van der Waals surface area contributed by atoms with Crippen LogP contribution in [0, 0.1) is 0 Å². The number of rotatable bonds is 5. The van der Waals surface area contributed by atoms with Gasteiger partial charge in [-0.05, 0) is 19.8 Å². The molecule has 0 fully saturated rings. The van der Waals surface area contributed by atoms with Crippen LogP contribution in [0.3, 0.4) is 0 Å². The molecule has 1 atom stereocenters. The fourth-order valence-corrected chi connectivity index (χ4v) is 0.849. The van der Waals surface area contributed by atoms with Gasteiger partial charge in [-0.3, -0.25) is 0 Å². The second kappa shape index (κ2) is 6.95. The van der Waals surface area contributed by atoms with Crippen LogP contribution in [0.25, 0.3) is 0 Å². The summed E-state index contributed by atoms with van der Waals surface area (Å²) in [5.74, 6) is 0. The van der Waals surface area contributed by atoms with E-state index in [0.29, 0.717) is 6.61 Å². The van der Waals surface area contributed by atoms with E-state index in [-0.39, 0.29) is 6.10 Å². The fourth-order valence-electron chi connectivity index (χ4n) is 0.849. The zero-order valence-electron chi connectivity index (χ0n) is 8.13. The van der Waals surface area contributed by atoms with E-state index in [4.69, 9.17) is 9.47 Å². The lowest BCUT2D eigenvalue weighted by atomic mass is 10.2.